The number of hydrogen-bond donors (Lipinski definition) is 2. The number of halogens is 3. The number of nitrogens with zero attached hydrogens (tertiary/aromatic N) is 2. The molecule has 0 saturated carbocycles. The molecule has 0 bridgehead atoms. The number of allylic oxidation sites excluding steroid dienone is 6. The van der Waals surface area contributed by atoms with Crippen LogP contribution >= 0.6 is 0 Å². The summed E-state index contributed by atoms with van der Waals surface area (Å²) in [6.07, 6.45) is 11.5. The second kappa shape index (κ2) is 18.3. The molecule has 0 aromatic heterocycles. The van der Waals surface area contributed by atoms with Crippen molar-refractivity contribution in [2.45, 2.75) is 52.4 Å². The van der Waals surface area contributed by atoms with Gasteiger partial charge in [-0.25, -0.2) is 4.39 Å². The normalized spacial score (nSPS) is 16.7. The van der Waals surface area contributed by atoms with Gasteiger partial charge in [0.05, 0.1) is 5.57 Å². The molecule has 1 saturated heterocycles. The van der Waals surface area contributed by atoms with Gasteiger partial charge in [-0.1, -0.05) is 51.7 Å². The van der Waals surface area contributed by atoms with Crippen LogP contribution in [0, 0.1) is 5.92 Å². The number of hydrogen-bond acceptors (Lipinski definition) is 4. The summed E-state index contributed by atoms with van der Waals surface area (Å²) in [5.41, 5.74) is 1.30. The molecule has 188 valence electrons. The quantitative estimate of drug-likeness (QED) is 0.229. The van der Waals surface area contributed by atoms with Crippen LogP contribution < -0.4 is 5.32 Å². The van der Waals surface area contributed by atoms with Crippen molar-refractivity contribution in [1.29, 1.82) is 0 Å². The maximum absolute atomic E-state index is 12.9. The summed E-state index contributed by atoms with van der Waals surface area (Å²) in [7, 11) is 0. The van der Waals surface area contributed by atoms with Gasteiger partial charge in [0.2, 0.25) is 0 Å². The van der Waals surface area contributed by atoms with Crippen molar-refractivity contribution in [2.75, 3.05) is 39.6 Å². The minimum absolute atomic E-state index is 0.207. The molecule has 1 aliphatic heterocycles. The topological polar surface area (TPSA) is 64.9 Å². The van der Waals surface area contributed by atoms with Crippen molar-refractivity contribution >= 4 is 12.1 Å². The molecule has 0 spiro atoms. The Kier molecular flexibility index (Phi) is 17.0. The predicted molar refractivity (Wildman–Crippen MR) is 130 cm³/mol. The van der Waals surface area contributed by atoms with Gasteiger partial charge in [0, 0.05) is 19.3 Å². The van der Waals surface area contributed by atoms with Gasteiger partial charge in [-0.2, -0.15) is 8.78 Å². The number of carbonyl (C=O) groups is 1. The molecule has 0 aromatic carbocycles. The lowest BCUT2D eigenvalue weighted by atomic mass is 9.90. The highest BCUT2D eigenvalue weighted by molar-refractivity contribution is 6.12. The highest BCUT2D eigenvalue weighted by Crippen LogP contribution is 2.25. The van der Waals surface area contributed by atoms with Gasteiger partial charge >= 0.3 is 0 Å². The molecule has 1 rings (SSSR count). The van der Waals surface area contributed by atoms with Crippen LogP contribution in [0.4, 0.5) is 13.2 Å². The van der Waals surface area contributed by atoms with E-state index in [2.05, 4.69) is 21.8 Å². The molecule has 33 heavy (non-hydrogen) atoms. The van der Waals surface area contributed by atoms with Crippen LogP contribution in [-0.2, 0) is 4.79 Å². The highest BCUT2D eigenvalue weighted by Gasteiger charge is 2.24. The summed E-state index contributed by atoms with van der Waals surface area (Å²) in [4.78, 5) is 18.2. The molecule has 0 aromatic rings. The molecule has 1 heterocycles. The van der Waals surface area contributed by atoms with Gasteiger partial charge in [-0.05, 0) is 56.3 Å². The van der Waals surface area contributed by atoms with Crippen LogP contribution in [0.5, 0.6) is 0 Å². The van der Waals surface area contributed by atoms with Crippen LogP contribution in [0.15, 0.2) is 53.1 Å². The second-order valence-corrected chi connectivity index (χ2v) is 7.47. The number of aliphatic hydroxyl groups is 1. The first-order valence-electron chi connectivity index (χ1n) is 11.6. The van der Waals surface area contributed by atoms with Crippen molar-refractivity contribution in [3.63, 3.8) is 0 Å². The van der Waals surface area contributed by atoms with Gasteiger partial charge in [-0.3, -0.25) is 9.79 Å². The van der Waals surface area contributed by atoms with E-state index in [1.807, 2.05) is 20.8 Å². The maximum Gasteiger partial charge on any atom is 0.294 e. The van der Waals surface area contributed by atoms with Gasteiger partial charge in [0.25, 0.3) is 11.8 Å². The number of likely N-dealkylation sites (tertiary alicyclic amines) is 1. The standard InChI is InChI=1S/C23H34F3N3O2.C2H6/c1-3-6-21(16-27-18-30)22(31)28-11-14-29-12-8-20(9-13-29)15-19(4-2)7-5-10-23(25,26)17-24;1-2/h4-7,10,16,20,30H,2-3,8-9,11-15,17-18H2,1H3,(H,28,31);1-2H3/b10-5+,19-7+,21-6+,27-16-;. The molecule has 0 atom stereocenters. The van der Waals surface area contributed by atoms with E-state index in [1.165, 1.54) is 12.3 Å². The van der Waals surface area contributed by atoms with E-state index in [9.17, 15) is 18.0 Å². The summed E-state index contributed by atoms with van der Waals surface area (Å²) in [6.45, 7) is 10.6. The Morgan fingerprint density at radius 2 is 1.97 bits per heavy atom. The van der Waals surface area contributed by atoms with Crippen LogP contribution in [0.2, 0.25) is 0 Å². The first-order valence-corrected chi connectivity index (χ1v) is 11.6. The molecule has 5 nitrogen and oxygen atoms in total. The number of nitrogens with one attached hydrogen (secondary N) is 1. The number of piperidine rings is 1. The zero-order chi connectivity index (χ0) is 25.1. The molecule has 1 amide bonds. The second-order valence-electron chi connectivity index (χ2n) is 7.47. The number of aliphatic imine (C=N–C) groups is 1. The third-order valence-corrected chi connectivity index (χ3v) is 5.03. The van der Waals surface area contributed by atoms with Crippen molar-refractivity contribution in [3.05, 3.63) is 48.1 Å². The molecule has 8 heteroatoms. The zero-order valence-corrected chi connectivity index (χ0v) is 20.2. The summed E-state index contributed by atoms with van der Waals surface area (Å²) in [5, 5.41) is 11.6. The van der Waals surface area contributed by atoms with Gasteiger partial charge in [0.1, 0.15) is 6.73 Å². The van der Waals surface area contributed by atoms with E-state index in [-0.39, 0.29) is 12.6 Å². The Morgan fingerprint density at radius 1 is 1.30 bits per heavy atom. The molecule has 0 aliphatic carbocycles. The largest absolute Gasteiger partial charge is 0.375 e. The predicted octanol–water partition coefficient (Wildman–Crippen LogP) is 4.86. The molecular weight excluding hydrogens is 431 g/mol. The molecule has 0 unspecified atom stereocenters. The molecule has 2 N–H and O–H groups in total. The maximum atomic E-state index is 12.9. The fourth-order valence-electron chi connectivity index (χ4n) is 3.32. The molecule has 0 radical (unpaired) electrons. The fraction of sp³-hybridized carbons (Fsp3) is 0.600. The first-order chi connectivity index (χ1) is 15.8. The summed E-state index contributed by atoms with van der Waals surface area (Å²) < 4.78 is 38.0. The third kappa shape index (κ3) is 13.8. The van der Waals surface area contributed by atoms with Crippen LogP contribution in [0.25, 0.3) is 0 Å². The van der Waals surface area contributed by atoms with E-state index in [0.717, 1.165) is 44.5 Å². The number of amides is 1. The Hall–Kier alpha value is -2.19. The number of aliphatic hydroxyl groups excluding tert-OH is 1. The smallest absolute Gasteiger partial charge is 0.294 e. The molecular formula is C25H40F3N3O2. The molecule has 1 fully saturated rings. The average molecular weight is 472 g/mol. The highest BCUT2D eigenvalue weighted by atomic mass is 19.3. The van der Waals surface area contributed by atoms with Crippen molar-refractivity contribution in [1.82, 2.24) is 10.2 Å². The molecule has 1 aliphatic rings. The summed E-state index contributed by atoms with van der Waals surface area (Å²) in [6, 6.07) is 0. The minimum Gasteiger partial charge on any atom is -0.375 e. The number of carbonyl (C=O) groups excluding carboxylic acids is 1. The van der Waals surface area contributed by atoms with Gasteiger partial charge in [0.15, 0.2) is 6.67 Å². The van der Waals surface area contributed by atoms with E-state index in [0.29, 0.717) is 30.5 Å². The summed E-state index contributed by atoms with van der Waals surface area (Å²) >= 11 is 0. The van der Waals surface area contributed by atoms with Crippen LogP contribution in [0.3, 0.4) is 0 Å². The fourth-order valence-corrected chi connectivity index (χ4v) is 3.32. The van der Waals surface area contributed by atoms with E-state index in [4.69, 9.17) is 5.11 Å². The van der Waals surface area contributed by atoms with Crippen LogP contribution in [0.1, 0.15) is 46.5 Å². The number of alkyl halides is 3. The van der Waals surface area contributed by atoms with Crippen molar-refractivity contribution < 1.29 is 23.1 Å². The number of rotatable bonds is 13. The third-order valence-electron chi connectivity index (χ3n) is 5.03. The SMILES string of the molecule is C=C/C(=C\C=C\C(F)(F)CF)CC1CCN(CCNC(=O)C(/C=N\CO)=C/CC)CC1.CC. The minimum atomic E-state index is -3.43. The van der Waals surface area contributed by atoms with Crippen LogP contribution in [-0.4, -0.2) is 67.6 Å². The van der Waals surface area contributed by atoms with E-state index < -0.39 is 12.6 Å². The average Bonchev–Trinajstić information content (AvgIpc) is 2.83. The lowest BCUT2D eigenvalue weighted by molar-refractivity contribution is -0.117. The Labute approximate surface area is 196 Å². The Balaban J connectivity index is 0.00000497. The Morgan fingerprint density at radius 3 is 2.52 bits per heavy atom. The van der Waals surface area contributed by atoms with Gasteiger partial charge < -0.3 is 15.3 Å². The van der Waals surface area contributed by atoms with Gasteiger partial charge in [-0.15, -0.1) is 0 Å². The van der Waals surface area contributed by atoms with E-state index >= 15 is 0 Å². The Bertz CT molecular complexity index is 680. The first kappa shape index (κ1) is 30.8. The van der Waals surface area contributed by atoms with Crippen molar-refractivity contribution in [2.24, 2.45) is 10.9 Å². The summed E-state index contributed by atoms with van der Waals surface area (Å²) in [5.74, 6) is -3.21. The van der Waals surface area contributed by atoms with E-state index in [1.54, 1.807) is 18.2 Å². The lowest BCUT2D eigenvalue weighted by Gasteiger charge is -2.32. The monoisotopic (exact) mass is 471 g/mol. The van der Waals surface area contributed by atoms with Crippen molar-refractivity contribution in [3.8, 4) is 0 Å². The lowest BCUT2D eigenvalue weighted by Crippen LogP contribution is -2.40. The zero-order valence-electron chi connectivity index (χ0n) is 20.2.